The van der Waals surface area contributed by atoms with Crippen molar-refractivity contribution in [3.05, 3.63) is 35.4 Å². The van der Waals surface area contributed by atoms with Crippen LogP contribution in [0.15, 0.2) is 24.3 Å². The summed E-state index contributed by atoms with van der Waals surface area (Å²) in [5, 5.41) is 8.78. The minimum absolute atomic E-state index is 0.0573. The maximum absolute atomic E-state index is 11.8. The Bertz CT molecular complexity index is 446. The number of halogens is 3. The zero-order valence-electron chi connectivity index (χ0n) is 11.7. The van der Waals surface area contributed by atoms with Crippen LogP contribution in [0.1, 0.15) is 22.3 Å². The van der Waals surface area contributed by atoms with Crippen molar-refractivity contribution in [1.82, 2.24) is 4.90 Å². The van der Waals surface area contributed by atoms with Crippen molar-refractivity contribution < 1.29 is 27.8 Å². The largest absolute Gasteiger partial charge is 0.478 e. The topological polar surface area (TPSA) is 49.8 Å². The fourth-order valence-corrected chi connectivity index (χ4v) is 1.77. The molecule has 0 unspecified atom stereocenters. The lowest BCUT2D eigenvalue weighted by atomic mass is 10.1. The van der Waals surface area contributed by atoms with Crippen LogP contribution < -0.4 is 0 Å². The third-order valence-corrected chi connectivity index (χ3v) is 2.75. The van der Waals surface area contributed by atoms with Gasteiger partial charge in [-0.2, -0.15) is 13.2 Å². The molecule has 1 aromatic carbocycles. The van der Waals surface area contributed by atoms with Crippen LogP contribution in [0.25, 0.3) is 0 Å². The summed E-state index contributed by atoms with van der Waals surface area (Å²) >= 11 is 0. The van der Waals surface area contributed by atoms with Crippen LogP contribution in [0.2, 0.25) is 0 Å². The Balaban J connectivity index is 2.24. The molecule has 0 radical (unpaired) electrons. The summed E-state index contributed by atoms with van der Waals surface area (Å²) in [6.07, 6.45) is -3.78. The van der Waals surface area contributed by atoms with Crippen LogP contribution in [0, 0.1) is 0 Å². The molecule has 0 bridgehead atoms. The van der Waals surface area contributed by atoms with Crippen LogP contribution in [-0.4, -0.2) is 49.0 Å². The highest BCUT2D eigenvalue weighted by molar-refractivity contribution is 5.87. The number of rotatable bonds is 8. The molecule has 0 saturated carbocycles. The van der Waals surface area contributed by atoms with Crippen molar-refractivity contribution in [3.63, 3.8) is 0 Å². The summed E-state index contributed by atoms with van der Waals surface area (Å²) in [4.78, 5) is 12.6. The first-order valence-electron chi connectivity index (χ1n) is 6.43. The number of carboxylic acid groups (broad SMARTS) is 1. The van der Waals surface area contributed by atoms with E-state index in [9.17, 15) is 18.0 Å². The summed E-state index contributed by atoms with van der Waals surface area (Å²) in [6, 6.07) is 6.50. The summed E-state index contributed by atoms with van der Waals surface area (Å²) in [7, 11) is 1.84. The molecule has 0 atom stereocenters. The molecule has 1 N–H and O–H groups in total. The second kappa shape index (κ2) is 7.99. The number of nitrogens with zero attached hydrogens (tertiary/aromatic N) is 1. The average Bonchev–Trinajstić information content (AvgIpc) is 2.37. The molecule has 0 spiro atoms. The highest BCUT2D eigenvalue weighted by Crippen LogP contribution is 2.14. The molecular weight excluding hydrogens is 287 g/mol. The van der Waals surface area contributed by atoms with Crippen LogP contribution in [0.3, 0.4) is 0 Å². The SMILES string of the molecule is CN(CCCOCC(F)(F)F)Cc1ccc(C(=O)O)cc1. The van der Waals surface area contributed by atoms with E-state index in [1.807, 2.05) is 11.9 Å². The molecule has 118 valence electrons. The Labute approximate surface area is 121 Å². The highest BCUT2D eigenvalue weighted by Gasteiger charge is 2.27. The Kier molecular flexibility index (Phi) is 6.64. The average molecular weight is 305 g/mol. The number of alkyl halides is 3. The van der Waals surface area contributed by atoms with Crippen molar-refractivity contribution in [3.8, 4) is 0 Å². The molecule has 0 saturated heterocycles. The van der Waals surface area contributed by atoms with E-state index in [1.165, 1.54) is 12.1 Å². The molecule has 0 aliphatic carbocycles. The first-order valence-corrected chi connectivity index (χ1v) is 6.43. The Morgan fingerprint density at radius 2 is 1.90 bits per heavy atom. The Morgan fingerprint density at radius 1 is 1.29 bits per heavy atom. The molecule has 4 nitrogen and oxygen atoms in total. The number of benzene rings is 1. The van der Waals surface area contributed by atoms with Crippen molar-refractivity contribution in [2.75, 3.05) is 26.8 Å². The van der Waals surface area contributed by atoms with Gasteiger partial charge in [-0.05, 0) is 31.2 Å². The Hall–Kier alpha value is -1.60. The number of ether oxygens (including phenoxy) is 1. The lowest BCUT2D eigenvalue weighted by Crippen LogP contribution is -2.22. The van der Waals surface area contributed by atoms with Crippen LogP contribution >= 0.6 is 0 Å². The van der Waals surface area contributed by atoms with Crippen molar-refractivity contribution in [2.45, 2.75) is 19.1 Å². The van der Waals surface area contributed by atoms with E-state index in [1.54, 1.807) is 12.1 Å². The first kappa shape index (κ1) is 17.5. The summed E-state index contributed by atoms with van der Waals surface area (Å²) in [5.41, 5.74) is 1.17. The molecule has 0 aliphatic heterocycles. The van der Waals surface area contributed by atoms with Crippen LogP contribution in [-0.2, 0) is 11.3 Å². The zero-order chi connectivity index (χ0) is 15.9. The molecule has 0 aliphatic rings. The van der Waals surface area contributed by atoms with Gasteiger partial charge in [0.05, 0.1) is 5.56 Å². The number of hydrogen-bond donors (Lipinski definition) is 1. The second-order valence-corrected chi connectivity index (χ2v) is 4.76. The predicted molar refractivity (Wildman–Crippen MR) is 71.2 cm³/mol. The van der Waals surface area contributed by atoms with Crippen molar-refractivity contribution in [2.24, 2.45) is 0 Å². The van der Waals surface area contributed by atoms with Gasteiger partial charge in [0.1, 0.15) is 6.61 Å². The number of carbonyl (C=O) groups is 1. The smallest absolute Gasteiger partial charge is 0.411 e. The third kappa shape index (κ3) is 7.67. The minimum Gasteiger partial charge on any atom is -0.478 e. The molecule has 0 heterocycles. The Morgan fingerprint density at radius 3 is 2.43 bits per heavy atom. The number of hydrogen-bond acceptors (Lipinski definition) is 3. The van der Waals surface area contributed by atoms with Gasteiger partial charge in [0.15, 0.2) is 0 Å². The second-order valence-electron chi connectivity index (χ2n) is 4.76. The lowest BCUT2D eigenvalue weighted by Gasteiger charge is -2.17. The van der Waals surface area contributed by atoms with Crippen molar-refractivity contribution >= 4 is 5.97 Å². The van der Waals surface area contributed by atoms with Gasteiger partial charge in [-0.15, -0.1) is 0 Å². The van der Waals surface area contributed by atoms with E-state index in [0.29, 0.717) is 19.5 Å². The minimum atomic E-state index is -4.28. The molecule has 7 heteroatoms. The van der Waals surface area contributed by atoms with Gasteiger partial charge in [0.2, 0.25) is 0 Å². The maximum Gasteiger partial charge on any atom is 0.411 e. The van der Waals surface area contributed by atoms with Gasteiger partial charge in [0.25, 0.3) is 0 Å². The van der Waals surface area contributed by atoms with Gasteiger partial charge in [0, 0.05) is 19.7 Å². The number of aromatic carboxylic acids is 1. The quantitative estimate of drug-likeness (QED) is 0.750. The fraction of sp³-hybridized carbons (Fsp3) is 0.500. The van der Waals surface area contributed by atoms with E-state index in [2.05, 4.69) is 4.74 Å². The van der Waals surface area contributed by atoms with Gasteiger partial charge >= 0.3 is 12.1 Å². The van der Waals surface area contributed by atoms with E-state index in [4.69, 9.17) is 5.11 Å². The van der Waals surface area contributed by atoms with Crippen LogP contribution in [0.5, 0.6) is 0 Å². The summed E-state index contributed by atoms with van der Waals surface area (Å²) in [6.45, 7) is 0.0346. The standard InChI is InChI=1S/C14H18F3NO3/c1-18(7-2-8-21-10-14(15,16)17)9-11-3-5-12(6-4-11)13(19)20/h3-6H,2,7-10H2,1H3,(H,19,20). The van der Waals surface area contributed by atoms with E-state index < -0.39 is 18.8 Å². The molecule has 0 amide bonds. The maximum atomic E-state index is 11.8. The van der Waals surface area contributed by atoms with Gasteiger partial charge in [-0.25, -0.2) is 4.79 Å². The molecule has 1 rings (SSSR count). The summed E-state index contributed by atoms with van der Waals surface area (Å²) < 4.78 is 40.0. The van der Waals surface area contributed by atoms with Gasteiger partial charge < -0.3 is 14.7 Å². The molecule has 21 heavy (non-hydrogen) atoms. The van der Waals surface area contributed by atoms with Crippen LogP contribution in [0.4, 0.5) is 13.2 Å². The lowest BCUT2D eigenvalue weighted by molar-refractivity contribution is -0.174. The number of carboxylic acids is 1. The fourth-order valence-electron chi connectivity index (χ4n) is 1.77. The van der Waals surface area contributed by atoms with Gasteiger partial charge in [-0.1, -0.05) is 12.1 Å². The normalized spacial score (nSPS) is 11.9. The third-order valence-electron chi connectivity index (χ3n) is 2.75. The molecule has 0 aromatic heterocycles. The van der Waals surface area contributed by atoms with E-state index >= 15 is 0 Å². The zero-order valence-corrected chi connectivity index (χ0v) is 11.7. The van der Waals surface area contributed by atoms with Crippen molar-refractivity contribution in [1.29, 1.82) is 0 Å². The monoisotopic (exact) mass is 305 g/mol. The van der Waals surface area contributed by atoms with E-state index in [-0.39, 0.29) is 12.2 Å². The molecule has 0 fully saturated rings. The molecule has 1 aromatic rings. The molecular formula is C14H18F3NO3. The van der Waals surface area contributed by atoms with Gasteiger partial charge in [-0.3, -0.25) is 0 Å². The first-order chi connectivity index (χ1) is 9.78. The summed E-state index contributed by atoms with van der Waals surface area (Å²) in [5.74, 6) is -0.975. The predicted octanol–water partition coefficient (Wildman–Crippen LogP) is 2.79. The highest BCUT2D eigenvalue weighted by atomic mass is 19.4. The van der Waals surface area contributed by atoms with E-state index in [0.717, 1.165) is 5.56 Å².